The van der Waals surface area contributed by atoms with Crippen molar-refractivity contribution in [3.05, 3.63) is 187 Å². The van der Waals surface area contributed by atoms with Crippen LogP contribution < -0.4 is 30.9 Å². The Morgan fingerprint density at radius 1 is 0.382 bits per heavy atom. The second kappa shape index (κ2) is 15.4. The van der Waals surface area contributed by atoms with Crippen molar-refractivity contribution >= 4 is 57.2 Å². The van der Waals surface area contributed by atoms with Crippen LogP contribution in [0.2, 0.25) is 0 Å². The van der Waals surface area contributed by atoms with Gasteiger partial charge in [-0.1, -0.05) is 132 Å². The smallest absolute Gasteiger partial charge is 0.251 e. The molecular formula is C51H49BN2O. The van der Waals surface area contributed by atoms with Crippen LogP contribution in [-0.4, -0.2) is 6.71 Å². The molecule has 7 aromatic rings. The van der Waals surface area contributed by atoms with Gasteiger partial charge in [-0.25, -0.2) is 0 Å². The molecule has 0 unspecified atom stereocenters. The summed E-state index contributed by atoms with van der Waals surface area (Å²) in [6.07, 6.45) is 0. The zero-order chi connectivity index (χ0) is 38.1. The number of ether oxygens (including phenoxy) is 1. The van der Waals surface area contributed by atoms with Gasteiger partial charge in [0.1, 0.15) is 11.5 Å². The number of fused-ring (bicyclic) bond motifs is 2. The van der Waals surface area contributed by atoms with E-state index in [1.165, 1.54) is 33.1 Å². The lowest BCUT2D eigenvalue weighted by Gasteiger charge is -2.34. The van der Waals surface area contributed by atoms with E-state index in [0.717, 1.165) is 45.6 Å². The first kappa shape index (κ1) is 36.0. The molecule has 0 fully saturated rings. The van der Waals surface area contributed by atoms with Gasteiger partial charge < -0.3 is 14.5 Å². The van der Waals surface area contributed by atoms with Gasteiger partial charge in [0.15, 0.2) is 0 Å². The third-order valence-corrected chi connectivity index (χ3v) is 10.9. The van der Waals surface area contributed by atoms with Crippen LogP contribution in [0.25, 0.3) is 0 Å². The summed E-state index contributed by atoms with van der Waals surface area (Å²) in [5, 5.41) is 0. The molecule has 3 nitrogen and oxygen atoms in total. The van der Waals surface area contributed by atoms with Crippen molar-refractivity contribution in [2.24, 2.45) is 0 Å². The molecule has 0 atom stereocenters. The summed E-state index contributed by atoms with van der Waals surface area (Å²) < 4.78 is 6.95. The van der Waals surface area contributed by atoms with Crippen molar-refractivity contribution in [1.29, 1.82) is 0 Å². The monoisotopic (exact) mass is 716 g/mol. The third-order valence-electron chi connectivity index (χ3n) is 10.9. The van der Waals surface area contributed by atoms with Crippen LogP contribution in [0.5, 0.6) is 11.5 Å². The lowest BCUT2D eigenvalue weighted by Crippen LogP contribution is -2.57. The number of nitrogens with zero attached hydrogens (tertiary/aromatic N) is 2. The molecule has 0 radical (unpaired) electrons. The van der Waals surface area contributed by atoms with Crippen molar-refractivity contribution in [2.75, 3.05) is 9.80 Å². The lowest BCUT2D eigenvalue weighted by molar-refractivity contribution is 0.487. The van der Waals surface area contributed by atoms with Gasteiger partial charge in [-0.05, 0) is 130 Å². The average Bonchev–Trinajstić information content (AvgIpc) is 3.21. The van der Waals surface area contributed by atoms with E-state index in [1.54, 1.807) is 0 Å². The normalized spacial score (nSPS) is 12.1. The fourth-order valence-electron chi connectivity index (χ4n) is 8.13. The molecule has 0 spiro atoms. The van der Waals surface area contributed by atoms with E-state index in [9.17, 15) is 0 Å². The summed E-state index contributed by atoms with van der Waals surface area (Å²) in [7, 11) is 0. The molecule has 4 heteroatoms. The summed E-state index contributed by atoms with van der Waals surface area (Å²) >= 11 is 0. The number of hydrogen-bond donors (Lipinski definition) is 0. The zero-order valence-electron chi connectivity index (χ0n) is 32.8. The van der Waals surface area contributed by atoms with E-state index in [0.29, 0.717) is 17.8 Å². The molecule has 0 N–H and O–H groups in total. The van der Waals surface area contributed by atoms with E-state index < -0.39 is 0 Å². The summed E-state index contributed by atoms with van der Waals surface area (Å²) in [6.45, 7) is 13.9. The summed E-state index contributed by atoms with van der Waals surface area (Å²) in [5.74, 6) is 2.86. The van der Waals surface area contributed by atoms with E-state index in [1.807, 2.05) is 0 Å². The Bertz CT molecular complexity index is 2150. The second-order valence-corrected chi connectivity index (χ2v) is 15.6. The van der Waals surface area contributed by atoms with Crippen LogP contribution in [0.15, 0.2) is 170 Å². The predicted molar refractivity (Wildman–Crippen MR) is 236 cm³/mol. The Labute approximate surface area is 328 Å². The Hall–Kier alpha value is -6.00. The van der Waals surface area contributed by atoms with Crippen LogP contribution in [0.3, 0.4) is 0 Å². The van der Waals surface area contributed by atoms with E-state index in [4.69, 9.17) is 4.74 Å². The van der Waals surface area contributed by atoms with Crippen LogP contribution >= 0.6 is 0 Å². The van der Waals surface area contributed by atoms with Gasteiger partial charge in [-0.15, -0.1) is 0 Å². The van der Waals surface area contributed by atoms with Crippen molar-refractivity contribution in [3.63, 3.8) is 0 Å². The minimum Gasteiger partial charge on any atom is -0.458 e. The number of hydrogen-bond acceptors (Lipinski definition) is 3. The predicted octanol–water partition coefficient (Wildman–Crippen LogP) is 12.6. The molecule has 55 heavy (non-hydrogen) atoms. The highest BCUT2D eigenvalue weighted by Gasteiger charge is 2.38. The van der Waals surface area contributed by atoms with Gasteiger partial charge in [0.05, 0.1) is 0 Å². The fourth-order valence-corrected chi connectivity index (χ4v) is 8.13. The van der Waals surface area contributed by atoms with E-state index in [-0.39, 0.29) is 6.71 Å². The van der Waals surface area contributed by atoms with Crippen molar-refractivity contribution < 1.29 is 4.74 Å². The molecule has 0 aliphatic carbocycles. The van der Waals surface area contributed by atoms with Gasteiger partial charge in [-0.3, -0.25) is 0 Å². The molecule has 8 rings (SSSR count). The Morgan fingerprint density at radius 3 is 1.04 bits per heavy atom. The van der Waals surface area contributed by atoms with E-state index >= 15 is 0 Å². The minimum absolute atomic E-state index is 0.0727. The SMILES string of the molecule is CC(C)c1cc(C(C)C)c(B2c3cc(N(c4ccccc4)c4ccccc4)ccc3Oc3ccc(N(c4ccccc4)c4ccccc4)cc32)c(C(C)C)c1. The van der Waals surface area contributed by atoms with Gasteiger partial charge in [0.2, 0.25) is 0 Å². The number of benzene rings is 7. The number of rotatable bonds is 10. The zero-order valence-corrected chi connectivity index (χ0v) is 32.8. The maximum atomic E-state index is 6.95. The van der Waals surface area contributed by atoms with E-state index in [2.05, 4.69) is 221 Å². The van der Waals surface area contributed by atoms with Gasteiger partial charge in [0.25, 0.3) is 6.71 Å². The summed E-state index contributed by atoms with van der Waals surface area (Å²) in [6, 6.07) is 61.2. The summed E-state index contributed by atoms with van der Waals surface area (Å²) in [4.78, 5) is 4.70. The molecule has 7 aromatic carbocycles. The molecule has 0 saturated heterocycles. The third kappa shape index (κ3) is 7.05. The Kier molecular flexibility index (Phi) is 10.1. The van der Waals surface area contributed by atoms with Gasteiger partial charge >= 0.3 is 0 Å². The maximum absolute atomic E-state index is 6.95. The highest BCUT2D eigenvalue weighted by molar-refractivity contribution is 6.97. The molecular weight excluding hydrogens is 667 g/mol. The topological polar surface area (TPSA) is 15.7 Å². The first-order valence-corrected chi connectivity index (χ1v) is 19.7. The van der Waals surface area contributed by atoms with Crippen LogP contribution in [-0.2, 0) is 0 Å². The number of anilines is 6. The molecule has 0 amide bonds. The Morgan fingerprint density at radius 2 is 0.727 bits per heavy atom. The molecule has 1 aliphatic heterocycles. The van der Waals surface area contributed by atoms with Crippen LogP contribution in [0.1, 0.15) is 76.0 Å². The first-order valence-electron chi connectivity index (χ1n) is 19.7. The quantitative estimate of drug-likeness (QED) is 0.131. The van der Waals surface area contributed by atoms with Crippen molar-refractivity contribution in [3.8, 4) is 11.5 Å². The second-order valence-electron chi connectivity index (χ2n) is 15.6. The fraction of sp³-hybridized carbons (Fsp3) is 0.176. The highest BCUT2D eigenvalue weighted by Crippen LogP contribution is 2.39. The number of para-hydroxylation sites is 4. The first-order chi connectivity index (χ1) is 26.8. The highest BCUT2D eigenvalue weighted by atomic mass is 16.5. The van der Waals surface area contributed by atoms with Crippen LogP contribution in [0, 0.1) is 0 Å². The molecule has 272 valence electrons. The molecule has 0 bridgehead atoms. The average molecular weight is 717 g/mol. The molecule has 0 aromatic heterocycles. The standard InChI is InChI=1S/C51H49BN2O/c1-35(2)38-31-45(36(3)4)51(46(32-38)37(5)6)52-47-33-43(53(39-19-11-7-12-20-39)40-21-13-8-14-22-40)27-29-49(47)55-50-30-28-44(34-48(50)52)54(41-23-15-9-16-24-41)42-25-17-10-18-26-42/h7-37H,1-6H3. The summed E-state index contributed by atoms with van der Waals surface area (Å²) in [5.41, 5.74) is 14.6. The van der Waals surface area contributed by atoms with Crippen molar-refractivity contribution in [2.45, 2.75) is 59.3 Å². The molecule has 1 aliphatic rings. The van der Waals surface area contributed by atoms with Gasteiger partial charge in [0, 0.05) is 34.1 Å². The minimum atomic E-state index is -0.0727. The molecule has 0 saturated carbocycles. The van der Waals surface area contributed by atoms with Crippen molar-refractivity contribution in [1.82, 2.24) is 0 Å². The lowest BCUT2D eigenvalue weighted by atomic mass is 9.33. The Balaban J connectivity index is 1.41. The van der Waals surface area contributed by atoms with Gasteiger partial charge in [-0.2, -0.15) is 0 Å². The largest absolute Gasteiger partial charge is 0.458 e. The van der Waals surface area contributed by atoms with Crippen LogP contribution in [0.4, 0.5) is 34.1 Å². The maximum Gasteiger partial charge on any atom is 0.251 e. The molecule has 1 heterocycles.